The van der Waals surface area contributed by atoms with Crippen LogP contribution in [0.25, 0.3) is 0 Å². The molecule has 6 nitrogen and oxygen atoms in total. The number of carbonyl (C=O) groups excluding carboxylic acids is 2. The molecule has 0 N–H and O–H groups in total. The van der Waals surface area contributed by atoms with Crippen LogP contribution < -0.4 is 9.80 Å². The third-order valence-electron chi connectivity index (χ3n) is 5.64. The number of benzene rings is 2. The van der Waals surface area contributed by atoms with Crippen LogP contribution in [0.5, 0.6) is 0 Å². The average molecular weight is 414 g/mol. The molecule has 2 aromatic carbocycles. The number of halogens is 2. The molecule has 2 aliphatic heterocycles. The monoisotopic (exact) mass is 414 g/mol. The molecule has 30 heavy (non-hydrogen) atoms. The Morgan fingerprint density at radius 2 is 1.67 bits per heavy atom. The Labute approximate surface area is 174 Å². The number of rotatable bonds is 4. The third-order valence-corrected chi connectivity index (χ3v) is 5.64. The maximum absolute atomic E-state index is 13.5. The minimum absolute atomic E-state index is 0.0105. The fourth-order valence-corrected chi connectivity index (χ4v) is 3.92. The topological polar surface area (TPSA) is 47.1 Å². The lowest BCUT2D eigenvalue weighted by Gasteiger charge is -2.36. The number of aryl methyl sites for hydroxylation is 1. The number of piperazine rings is 1. The van der Waals surface area contributed by atoms with Gasteiger partial charge in [-0.05, 0) is 36.8 Å². The number of amides is 3. The van der Waals surface area contributed by atoms with E-state index in [1.54, 1.807) is 4.90 Å². The molecule has 2 aliphatic rings. The molecule has 158 valence electrons. The molecule has 0 aromatic heterocycles. The van der Waals surface area contributed by atoms with Crippen molar-refractivity contribution in [2.24, 2.45) is 0 Å². The summed E-state index contributed by atoms with van der Waals surface area (Å²) in [5, 5.41) is 0. The minimum Gasteiger partial charge on any atom is -0.368 e. The summed E-state index contributed by atoms with van der Waals surface area (Å²) in [6.45, 7) is 5.42. The van der Waals surface area contributed by atoms with E-state index in [1.165, 1.54) is 21.4 Å². The number of carbonyl (C=O) groups is 2. The smallest absolute Gasteiger partial charge is 0.325 e. The van der Waals surface area contributed by atoms with Gasteiger partial charge in [0.1, 0.15) is 6.54 Å². The minimum atomic E-state index is -0.999. The van der Waals surface area contributed by atoms with Crippen LogP contribution in [0.3, 0.4) is 0 Å². The van der Waals surface area contributed by atoms with Gasteiger partial charge < -0.3 is 14.7 Å². The first kappa shape index (κ1) is 20.1. The highest BCUT2D eigenvalue weighted by Gasteiger charge is 2.33. The Bertz CT molecular complexity index is 960. The molecule has 2 saturated heterocycles. The van der Waals surface area contributed by atoms with Crippen LogP contribution in [0.1, 0.15) is 5.56 Å². The molecular weight excluding hydrogens is 390 g/mol. The zero-order valence-corrected chi connectivity index (χ0v) is 16.9. The first-order valence-corrected chi connectivity index (χ1v) is 10.0. The van der Waals surface area contributed by atoms with Crippen LogP contribution in [0.15, 0.2) is 42.5 Å². The van der Waals surface area contributed by atoms with Crippen molar-refractivity contribution in [3.8, 4) is 0 Å². The van der Waals surface area contributed by atoms with Gasteiger partial charge in [0.05, 0.1) is 0 Å². The summed E-state index contributed by atoms with van der Waals surface area (Å²) in [5.41, 5.74) is 2.64. The second kappa shape index (κ2) is 8.30. The summed E-state index contributed by atoms with van der Waals surface area (Å²) in [5.74, 6) is -2.05. The molecule has 0 spiro atoms. The molecule has 2 heterocycles. The van der Waals surface area contributed by atoms with E-state index in [9.17, 15) is 18.4 Å². The molecule has 0 bridgehead atoms. The van der Waals surface area contributed by atoms with Gasteiger partial charge in [0.25, 0.3) is 0 Å². The van der Waals surface area contributed by atoms with Crippen LogP contribution in [-0.2, 0) is 4.79 Å². The summed E-state index contributed by atoms with van der Waals surface area (Å²) in [4.78, 5) is 32.2. The third kappa shape index (κ3) is 4.08. The summed E-state index contributed by atoms with van der Waals surface area (Å²) >= 11 is 0. The van der Waals surface area contributed by atoms with Gasteiger partial charge in [0.2, 0.25) is 5.91 Å². The molecule has 0 radical (unpaired) electrons. The highest BCUT2D eigenvalue weighted by atomic mass is 19.2. The highest BCUT2D eigenvalue weighted by Crippen LogP contribution is 2.23. The van der Waals surface area contributed by atoms with Gasteiger partial charge in [0.15, 0.2) is 11.6 Å². The van der Waals surface area contributed by atoms with Crippen LogP contribution in [0, 0.1) is 18.6 Å². The van der Waals surface area contributed by atoms with Gasteiger partial charge in [-0.3, -0.25) is 9.69 Å². The van der Waals surface area contributed by atoms with Crippen LogP contribution >= 0.6 is 0 Å². The van der Waals surface area contributed by atoms with Crippen molar-refractivity contribution >= 4 is 23.3 Å². The number of hydrogen-bond acceptors (Lipinski definition) is 3. The first-order chi connectivity index (χ1) is 14.4. The van der Waals surface area contributed by atoms with E-state index < -0.39 is 11.6 Å². The molecule has 0 saturated carbocycles. The van der Waals surface area contributed by atoms with Crippen LogP contribution in [-0.4, -0.2) is 67.6 Å². The van der Waals surface area contributed by atoms with Gasteiger partial charge >= 0.3 is 6.03 Å². The predicted octanol–water partition coefficient (Wildman–Crippen LogP) is 2.86. The van der Waals surface area contributed by atoms with E-state index in [0.717, 1.165) is 30.9 Å². The van der Waals surface area contributed by atoms with Gasteiger partial charge in [-0.25, -0.2) is 13.6 Å². The molecule has 3 amide bonds. The Morgan fingerprint density at radius 3 is 2.37 bits per heavy atom. The average Bonchev–Trinajstić information content (AvgIpc) is 3.10. The Kier molecular flexibility index (Phi) is 5.57. The van der Waals surface area contributed by atoms with Crippen molar-refractivity contribution in [1.82, 2.24) is 9.80 Å². The fraction of sp³-hybridized carbons (Fsp3) is 0.364. The van der Waals surface area contributed by atoms with Crippen molar-refractivity contribution in [1.29, 1.82) is 0 Å². The molecule has 2 fully saturated rings. The molecule has 0 aliphatic carbocycles. The van der Waals surface area contributed by atoms with Crippen molar-refractivity contribution in [2.45, 2.75) is 6.92 Å². The van der Waals surface area contributed by atoms with Gasteiger partial charge in [0, 0.05) is 56.7 Å². The van der Waals surface area contributed by atoms with E-state index in [2.05, 4.69) is 30.0 Å². The van der Waals surface area contributed by atoms with Crippen molar-refractivity contribution in [3.05, 3.63) is 59.7 Å². The number of nitrogens with zero attached hydrogens (tertiary/aromatic N) is 4. The molecule has 8 heteroatoms. The lowest BCUT2D eigenvalue weighted by atomic mass is 10.2. The zero-order chi connectivity index (χ0) is 21.3. The van der Waals surface area contributed by atoms with Crippen molar-refractivity contribution in [3.63, 3.8) is 0 Å². The molecule has 2 aromatic rings. The van der Waals surface area contributed by atoms with Crippen molar-refractivity contribution in [2.75, 3.05) is 55.6 Å². The van der Waals surface area contributed by atoms with E-state index >= 15 is 0 Å². The second-order valence-electron chi connectivity index (χ2n) is 7.66. The Balaban J connectivity index is 1.32. The Hall–Kier alpha value is -3.16. The summed E-state index contributed by atoms with van der Waals surface area (Å²) in [6.07, 6.45) is 0. The molecule has 0 unspecified atom stereocenters. The van der Waals surface area contributed by atoms with Crippen LogP contribution in [0.2, 0.25) is 0 Å². The number of hydrogen-bond donors (Lipinski definition) is 0. The van der Waals surface area contributed by atoms with E-state index in [-0.39, 0.29) is 18.5 Å². The number of anilines is 2. The van der Waals surface area contributed by atoms with E-state index in [0.29, 0.717) is 31.9 Å². The zero-order valence-electron chi connectivity index (χ0n) is 16.9. The van der Waals surface area contributed by atoms with Crippen LogP contribution in [0.4, 0.5) is 25.0 Å². The highest BCUT2D eigenvalue weighted by molar-refractivity contribution is 5.96. The summed E-state index contributed by atoms with van der Waals surface area (Å²) < 4.78 is 26.6. The molecule has 4 rings (SSSR count). The SMILES string of the molecule is Cc1cccc(N2CCN(C(=O)CN3CCN(c4ccc(F)c(F)c4)C3=O)CC2)c1. The van der Waals surface area contributed by atoms with E-state index in [4.69, 9.17) is 0 Å². The van der Waals surface area contributed by atoms with E-state index in [1.807, 2.05) is 6.07 Å². The Morgan fingerprint density at radius 1 is 0.900 bits per heavy atom. The lowest BCUT2D eigenvalue weighted by Crippen LogP contribution is -2.51. The van der Waals surface area contributed by atoms with Crippen molar-refractivity contribution < 1.29 is 18.4 Å². The summed E-state index contributed by atoms with van der Waals surface area (Å²) in [6, 6.07) is 11.3. The lowest BCUT2D eigenvalue weighted by molar-refractivity contribution is -0.131. The standard InChI is InChI=1S/C22H24F2N4O2/c1-16-3-2-4-17(13-16)25-7-9-26(10-8-25)21(29)15-27-11-12-28(22(27)30)18-5-6-19(23)20(24)14-18/h2-6,13-14H,7-12,15H2,1H3. The maximum atomic E-state index is 13.5. The predicted molar refractivity (Wildman–Crippen MR) is 111 cm³/mol. The van der Waals surface area contributed by atoms with Gasteiger partial charge in [-0.15, -0.1) is 0 Å². The molecular formula is C22H24F2N4O2. The maximum Gasteiger partial charge on any atom is 0.325 e. The number of urea groups is 1. The van der Waals surface area contributed by atoms with Gasteiger partial charge in [-0.1, -0.05) is 12.1 Å². The largest absolute Gasteiger partial charge is 0.368 e. The molecule has 0 atom stereocenters. The summed E-state index contributed by atoms with van der Waals surface area (Å²) in [7, 11) is 0. The fourth-order valence-electron chi connectivity index (χ4n) is 3.92. The normalized spacial score (nSPS) is 17.1. The van der Waals surface area contributed by atoms with Gasteiger partial charge in [-0.2, -0.15) is 0 Å². The second-order valence-corrected chi connectivity index (χ2v) is 7.66. The quantitative estimate of drug-likeness (QED) is 0.773. The first-order valence-electron chi connectivity index (χ1n) is 10.0.